The zero-order valence-electron chi connectivity index (χ0n) is 18.6. The number of amides is 2. The topological polar surface area (TPSA) is 54.3 Å². The molecule has 166 valence electrons. The average molecular weight is 438 g/mol. The lowest BCUT2D eigenvalue weighted by molar-refractivity contribution is -0.142. The number of hydrogen-bond acceptors (Lipinski definition) is 2. The van der Waals surface area contributed by atoms with E-state index in [4.69, 9.17) is 0 Å². The van der Waals surface area contributed by atoms with Crippen LogP contribution in [-0.2, 0) is 22.6 Å². The third-order valence-corrected chi connectivity index (χ3v) is 6.66. The van der Waals surface area contributed by atoms with Gasteiger partial charge in [-0.3, -0.25) is 9.59 Å². The summed E-state index contributed by atoms with van der Waals surface area (Å²) in [6.07, 6.45) is 4.81. The van der Waals surface area contributed by atoms with Crippen molar-refractivity contribution in [2.45, 2.75) is 31.5 Å². The van der Waals surface area contributed by atoms with Gasteiger partial charge in [-0.05, 0) is 39.6 Å². The molecule has 33 heavy (non-hydrogen) atoms. The molecule has 1 N–H and O–H groups in total. The summed E-state index contributed by atoms with van der Waals surface area (Å²) in [4.78, 5) is 28.3. The van der Waals surface area contributed by atoms with E-state index in [0.29, 0.717) is 13.0 Å². The second-order valence-electron chi connectivity index (χ2n) is 8.54. The van der Waals surface area contributed by atoms with E-state index in [2.05, 4.69) is 34.1 Å². The van der Waals surface area contributed by atoms with Gasteiger partial charge in [0.25, 0.3) is 0 Å². The van der Waals surface area contributed by atoms with Gasteiger partial charge in [-0.25, -0.2) is 0 Å². The summed E-state index contributed by atoms with van der Waals surface area (Å²) < 4.78 is 2.09. The highest BCUT2D eigenvalue weighted by Gasteiger charge is 2.35. The molecule has 0 bridgehead atoms. The van der Waals surface area contributed by atoms with Gasteiger partial charge in [-0.15, -0.1) is 0 Å². The molecule has 5 heteroatoms. The van der Waals surface area contributed by atoms with Crippen LogP contribution in [0.4, 0.5) is 0 Å². The first-order chi connectivity index (χ1) is 16.2. The number of likely N-dealkylation sites (N-methyl/N-ethyl adjacent to an activating group) is 1. The largest absolute Gasteiger partial charge is 0.357 e. The highest BCUT2D eigenvalue weighted by atomic mass is 16.2. The predicted molar refractivity (Wildman–Crippen MR) is 130 cm³/mol. The van der Waals surface area contributed by atoms with E-state index in [9.17, 15) is 9.59 Å². The molecule has 0 spiro atoms. The lowest BCUT2D eigenvalue weighted by Crippen LogP contribution is -2.52. The summed E-state index contributed by atoms with van der Waals surface area (Å²) in [5.41, 5.74) is 3.34. The molecule has 5 rings (SSSR count). The highest BCUT2D eigenvalue weighted by Crippen LogP contribution is 2.32. The number of nitrogens with zero attached hydrogens (tertiary/aromatic N) is 2. The second-order valence-corrected chi connectivity index (χ2v) is 8.54. The van der Waals surface area contributed by atoms with Crippen LogP contribution < -0.4 is 5.32 Å². The van der Waals surface area contributed by atoms with E-state index < -0.39 is 6.04 Å². The number of benzene rings is 3. The monoisotopic (exact) mass is 437 g/mol. The SMILES string of the molecule is CNC(=O)C1Cc2ccccc2CN1C(=O)CC(c1cccc2ccccc12)n1cccc1. The van der Waals surface area contributed by atoms with Crippen LogP contribution in [0.2, 0.25) is 0 Å². The Hall–Kier alpha value is -3.86. The molecule has 0 fully saturated rings. The molecule has 0 saturated heterocycles. The van der Waals surface area contributed by atoms with Crippen molar-refractivity contribution in [1.82, 2.24) is 14.8 Å². The minimum Gasteiger partial charge on any atom is -0.357 e. The molecule has 5 nitrogen and oxygen atoms in total. The van der Waals surface area contributed by atoms with Crippen molar-refractivity contribution in [3.05, 3.63) is 108 Å². The molecule has 1 aliphatic heterocycles. The van der Waals surface area contributed by atoms with Crippen LogP contribution in [0.25, 0.3) is 10.8 Å². The molecule has 0 saturated carbocycles. The lowest BCUT2D eigenvalue weighted by atomic mass is 9.91. The molecule has 1 aliphatic rings. The normalized spacial score (nSPS) is 16.3. The van der Waals surface area contributed by atoms with Crippen LogP contribution in [0.5, 0.6) is 0 Å². The zero-order valence-corrected chi connectivity index (χ0v) is 18.6. The fourth-order valence-corrected chi connectivity index (χ4v) is 4.94. The Balaban J connectivity index is 1.52. The molecular weight excluding hydrogens is 410 g/mol. The van der Waals surface area contributed by atoms with Crippen molar-refractivity contribution in [3.8, 4) is 0 Å². The van der Waals surface area contributed by atoms with Crippen molar-refractivity contribution >= 4 is 22.6 Å². The number of nitrogens with one attached hydrogen (secondary N) is 1. The van der Waals surface area contributed by atoms with E-state index in [1.807, 2.05) is 67.0 Å². The number of rotatable bonds is 5. The molecule has 2 heterocycles. The summed E-state index contributed by atoms with van der Waals surface area (Å²) >= 11 is 0. The van der Waals surface area contributed by atoms with Gasteiger partial charge in [0.05, 0.1) is 12.5 Å². The molecule has 1 aromatic heterocycles. The van der Waals surface area contributed by atoms with Crippen molar-refractivity contribution < 1.29 is 9.59 Å². The number of hydrogen-bond donors (Lipinski definition) is 1. The fraction of sp³-hybridized carbons (Fsp3) is 0.214. The van der Waals surface area contributed by atoms with Crippen LogP contribution in [0, 0.1) is 0 Å². The Morgan fingerprint density at radius 1 is 0.909 bits per heavy atom. The zero-order chi connectivity index (χ0) is 22.8. The summed E-state index contributed by atoms with van der Waals surface area (Å²) in [6.45, 7) is 0.445. The maximum absolute atomic E-state index is 13.8. The van der Waals surface area contributed by atoms with Crippen LogP contribution in [0.1, 0.15) is 29.2 Å². The number of carbonyl (C=O) groups excluding carboxylic acids is 2. The van der Waals surface area contributed by atoms with Crippen LogP contribution >= 0.6 is 0 Å². The van der Waals surface area contributed by atoms with Crippen molar-refractivity contribution in [1.29, 1.82) is 0 Å². The van der Waals surface area contributed by atoms with E-state index in [0.717, 1.165) is 27.5 Å². The van der Waals surface area contributed by atoms with Gasteiger partial charge in [-0.2, -0.15) is 0 Å². The second kappa shape index (κ2) is 8.94. The van der Waals surface area contributed by atoms with Crippen LogP contribution in [0.15, 0.2) is 91.3 Å². The number of carbonyl (C=O) groups is 2. The summed E-state index contributed by atoms with van der Waals surface area (Å²) in [5, 5.41) is 5.03. The van der Waals surface area contributed by atoms with Crippen LogP contribution in [-0.4, -0.2) is 34.4 Å². The van der Waals surface area contributed by atoms with E-state index in [1.54, 1.807) is 11.9 Å². The van der Waals surface area contributed by atoms with Crippen molar-refractivity contribution in [2.75, 3.05) is 7.05 Å². The minimum atomic E-state index is -0.504. The Kier molecular flexibility index (Phi) is 5.69. The third-order valence-electron chi connectivity index (χ3n) is 6.66. The quantitative estimate of drug-likeness (QED) is 0.506. The van der Waals surface area contributed by atoms with Gasteiger partial charge in [0.15, 0.2) is 0 Å². The first kappa shape index (κ1) is 21.0. The molecular formula is C28H27N3O2. The molecule has 2 unspecified atom stereocenters. The predicted octanol–water partition coefficient (Wildman–Crippen LogP) is 4.32. The number of fused-ring (bicyclic) bond motifs is 2. The van der Waals surface area contributed by atoms with Crippen LogP contribution in [0.3, 0.4) is 0 Å². The van der Waals surface area contributed by atoms with Gasteiger partial charge in [0.1, 0.15) is 6.04 Å². The summed E-state index contributed by atoms with van der Waals surface area (Å²) in [6, 6.07) is 25.9. The maximum atomic E-state index is 13.8. The minimum absolute atomic E-state index is 0.0234. The Morgan fingerprint density at radius 2 is 1.61 bits per heavy atom. The van der Waals surface area contributed by atoms with Gasteiger partial charge in [-0.1, -0.05) is 66.7 Å². The average Bonchev–Trinajstić information content (AvgIpc) is 3.40. The first-order valence-electron chi connectivity index (χ1n) is 11.3. The molecule has 2 atom stereocenters. The Bertz CT molecular complexity index is 1290. The first-order valence-corrected chi connectivity index (χ1v) is 11.3. The fourth-order valence-electron chi connectivity index (χ4n) is 4.94. The standard InChI is InChI=1S/C28H27N3O2/c1-29-28(33)26-17-21-10-2-3-11-22(21)19-31(26)27(32)18-25(30-15-6-7-16-30)24-14-8-12-20-9-4-5-13-23(20)24/h2-16,25-26H,17-19H2,1H3,(H,29,33). The van der Waals surface area contributed by atoms with Gasteiger partial charge < -0.3 is 14.8 Å². The summed E-state index contributed by atoms with van der Waals surface area (Å²) in [5.74, 6) is -0.148. The highest BCUT2D eigenvalue weighted by molar-refractivity contribution is 5.90. The summed E-state index contributed by atoms with van der Waals surface area (Å²) in [7, 11) is 1.63. The Morgan fingerprint density at radius 3 is 2.39 bits per heavy atom. The molecule has 0 aliphatic carbocycles. The Labute approximate surface area is 193 Å². The molecule has 3 aromatic carbocycles. The van der Waals surface area contributed by atoms with Crippen molar-refractivity contribution in [3.63, 3.8) is 0 Å². The smallest absolute Gasteiger partial charge is 0.242 e. The molecule has 2 amide bonds. The van der Waals surface area contributed by atoms with Gasteiger partial charge >= 0.3 is 0 Å². The van der Waals surface area contributed by atoms with E-state index in [-0.39, 0.29) is 24.3 Å². The van der Waals surface area contributed by atoms with E-state index >= 15 is 0 Å². The number of aromatic nitrogens is 1. The van der Waals surface area contributed by atoms with E-state index in [1.165, 1.54) is 0 Å². The molecule has 4 aromatic rings. The lowest BCUT2D eigenvalue weighted by Gasteiger charge is -2.37. The van der Waals surface area contributed by atoms with Gasteiger partial charge in [0.2, 0.25) is 11.8 Å². The third kappa shape index (κ3) is 4.02. The maximum Gasteiger partial charge on any atom is 0.242 e. The molecule has 0 radical (unpaired) electrons. The van der Waals surface area contributed by atoms with Gasteiger partial charge in [0, 0.05) is 32.4 Å². The van der Waals surface area contributed by atoms with Crippen molar-refractivity contribution in [2.24, 2.45) is 0 Å².